The van der Waals surface area contributed by atoms with E-state index in [-0.39, 0.29) is 0 Å². The van der Waals surface area contributed by atoms with Crippen molar-refractivity contribution in [2.75, 3.05) is 31.5 Å². The van der Waals surface area contributed by atoms with Gasteiger partial charge in [-0.2, -0.15) is 11.3 Å². The number of rotatable bonds is 7. The number of benzene rings is 1. The molecule has 2 heterocycles. The third-order valence-electron chi connectivity index (χ3n) is 4.23. The summed E-state index contributed by atoms with van der Waals surface area (Å²) in [5, 5.41) is 9.59. The van der Waals surface area contributed by atoms with Crippen LogP contribution in [0.5, 0.6) is 0 Å². The van der Waals surface area contributed by atoms with E-state index in [2.05, 4.69) is 47.0 Å². The van der Waals surface area contributed by atoms with E-state index < -0.39 is 0 Å². The molecule has 3 nitrogen and oxygen atoms in total. The Kier molecular flexibility index (Phi) is 5.72. The third-order valence-corrected chi connectivity index (χ3v) is 5.14. The van der Waals surface area contributed by atoms with Gasteiger partial charge in [0.15, 0.2) is 0 Å². The summed E-state index contributed by atoms with van der Waals surface area (Å²) in [6, 6.07) is 10.1. The first-order valence-corrected chi connectivity index (χ1v) is 9.62. The molecule has 1 N–H and O–H groups in total. The molecule has 0 atom stereocenters. The Balaban J connectivity index is 1.92. The molecule has 3 rings (SSSR count). The van der Waals surface area contributed by atoms with Gasteiger partial charge in [-0.05, 0) is 48.8 Å². The molecule has 0 aliphatic carbocycles. The first-order valence-electron chi connectivity index (χ1n) is 8.30. The number of hydrogen-bond donors (Lipinski definition) is 1. The van der Waals surface area contributed by atoms with E-state index in [1.807, 2.05) is 18.2 Å². The lowest BCUT2D eigenvalue weighted by molar-refractivity contribution is 0.316. The zero-order valence-electron chi connectivity index (χ0n) is 14.1. The molecule has 2 aromatic heterocycles. The number of nitrogens with zero attached hydrogens (tertiary/aromatic N) is 2. The van der Waals surface area contributed by atoms with Gasteiger partial charge in [-0.25, -0.2) is 4.98 Å². The first kappa shape index (κ1) is 17.2. The second-order valence-electron chi connectivity index (χ2n) is 5.68. The van der Waals surface area contributed by atoms with Crippen molar-refractivity contribution in [3.05, 3.63) is 46.1 Å². The van der Waals surface area contributed by atoms with Crippen LogP contribution in [0.25, 0.3) is 22.2 Å². The normalized spacial score (nSPS) is 11.3. The standard InChI is InChI=1S/C19H22ClN3S/c1-3-23(4-2)9-8-21-19-12-18(14-7-10-24-13-14)22-17-6-5-15(20)11-16(17)19/h5-7,10-13H,3-4,8-9H2,1-2H3,(H,21,22). The van der Waals surface area contributed by atoms with Crippen LogP contribution in [0.3, 0.4) is 0 Å². The van der Waals surface area contributed by atoms with E-state index >= 15 is 0 Å². The van der Waals surface area contributed by atoms with Crippen molar-refractivity contribution in [2.24, 2.45) is 0 Å². The molecular formula is C19H22ClN3S. The molecular weight excluding hydrogens is 338 g/mol. The summed E-state index contributed by atoms with van der Waals surface area (Å²) >= 11 is 7.88. The van der Waals surface area contributed by atoms with Crippen LogP contribution in [0.15, 0.2) is 41.1 Å². The number of fused-ring (bicyclic) bond motifs is 1. The zero-order chi connectivity index (χ0) is 16.9. The highest BCUT2D eigenvalue weighted by Gasteiger charge is 2.09. The van der Waals surface area contributed by atoms with Gasteiger partial charge < -0.3 is 10.2 Å². The lowest BCUT2D eigenvalue weighted by Crippen LogP contribution is -2.28. The van der Waals surface area contributed by atoms with Crippen LogP contribution in [0, 0.1) is 0 Å². The number of hydrogen-bond acceptors (Lipinski definition) is 4. The van der Waals surface area contributed by atoms with Gasteiger partial charge in [0.2, 0.25) is 0 Å². The number of anilines is 1. The molecule has 0 unspecified atom stereocenters. The minimum absolute atomic E-state index is 0.736. The molecule has 0 saturated heterocycles. The quantitative estimate of drug-likeness (QED) is 0.614. The molecule has 5 heteroatoms. The maximum atomic E-state index is 6.20. The van der Waals surface area contributed by atoms with E-state index in [0.29, 0.717) is 0 Å². The molecule has 24 heavy (non-hydrogen) atoms. The predicted molar refractivity (Wildman–Crippen MR) is 106 cm³/mol. The van der Waals surface area contributed by atoms with Crippen molar-refractivity contribution in [3.63, 3.8) is 0 Å². The Labute approximate surface area is 152 Å². The first-order chi connectivity index (χ1) is 11.7. The summed E-state index contributed by atoms with van der Waals surface area (Å²) in [4.78, 5) is 7.20. The van der Waals surface area contributed by atoms with Crippen molar-refractivity contribution in [3.8, 4) is 11.3 Å². The number of likely N-dealkylation sites (N-methyl/N-ethyl adjacent to an activating group) is 1. The second-order valence-corrected chi connectivity index (χ2v) is 6.90. The van der Waals surface area contributed by atoms with E-state index in [9.17, 15) is 0 Å². The predicted octanol–water partition coefficient (Wildman–Crippen LogP) is 5.37. The van der Waals surface area contributed by atoms with Gasteiger partial charge in [0.1, 0.15) is 0 Å². The number of nitrogens with one attached hydrogen (secondary N) is 1. The Morgan fingerprint density at radius 3 is 2.71 bits per heavy atom. The number of thiophene rings is 1. The van der Waals surface area contributed by atoms with Crippen molar-refractivity contribution >= 4 is 39.5 Å². The van der Waals surface area contributed by atoms with Crippen molar-refractivity contribution in [1.29, 1.82) is 0 Å². The molecule has 0 aliphatic rings. The summed E-state index contributed by atoms with van der Waals surface area (Å²) in [5.74, 6) is 0. The van der Waals surface area contributed by atoms with Crippen LogP contribution in [0.2, 0.25) is 5.02 Å². The fourth-order valence-corrected chi connectivity index (χ4v) is 3.61. The average Bonchev–Trinajstić information content (AvgIpc) is 3.13. The van der Waals surface area contributed by atoms with E-state index in [1.54, 1.807) is 11.3 Å². The second kappa shape index (κ2) is 7.97. The fourth-order valence-electron chi connectivity index (χ4n) is 2.79. The van der Waals surface area contributed by atoms with Crippen LogP contribution in [0.4, 0.5) is 5.69 Å². The Morgan fingerprint density at radius 1 is 1.17 bits per heavy atom. The molecule has 0 saturated carbocycles. The molecule has 0 spiro atoms. The van der Waals surface area contributed by atoms with Crippen LogP contribution in [-0.2, 0) is 0 Å². The molecule has 126 valence electrons. The van der Waals surface area contributed by atoms with Gasteiger partial charge in [-0.1, -0.05) is 25.4 Å². The Hall–Kier alpha value is -1.62. The molecule has 0 radical (unpaired) electrons. The molecule has 0 fully saturated rings. The van der Waals surface area contributed by atoms with Gasteiger partial charge in [-0.15, -0.1) is 0 Å². The molecule has 0 bridgehead atoms. The van der Waals surface area contributed by atoms with Crippen molar-refractivity contribution in [1.82, 2.24) is 9.88 Å². The maximum absolute atomic E-state index is 6.20. The zero-order valence-corrected chi connectivity index (χ0v) is 15.6. The smallest absolute Gasteiger partial charge is 0.0738 e. The van der Waals surface area contributed by atoms with Gasteiger partial charge in [-0.3, -0.25) is 0 Å². The van der Waals surface area contributed by atoms with Gasteiger partial charge >= 0.3 is 0 Å². The third kappa shape index (κ3) is 3.89. The van der Waals surface area contributed by atoms with Gasteiger partial charge in [0.25, 0.3) is 0 Å². The Bertz CT molecular complexity index is 798. The van der Waals surface area contributed by atoms with Crippen molar-refractivity contribution in [2.45, 2.75) is 13.8 Å². The minimum atomic E-state index is 0.736. The maximum Gasteiger partial charge on any atom is 0.0738 e. The molecule has 0 aliphatic heterocycles. The fraction of sp³-hybridized carbons (Fsp3) is 0.316. The van der Waals surface area contributed by atoms with E-state index in [4.69, 9.17) is 16.6 Å². The Morgan fingerprint density at radius 2 is 2.00 bits per heavy atom. The summed E-state index contributed by atoms with van der Waals surface area (Å²) < 4.78 is 0. The summed E-state index contributed by atoms with van der Waals surface area (Å²) in [6.45, 7) is 8.45. The van der Waals surface area contributed by atoms with Crippen LogP contribution in [0.1, 0.15) is 13.8 Å². The van der Waals surface area contributed by atoms with E-state index in [1.165, 1.54) is 0 Å². The number of aromatic nitrogens is 1. The SMILES string of the molecule is CCN(CC)CCNc1cc(-c2ccsc2)nc2ccc(Cl)cc12. The van der Waals surface area contributed by atoms with Gasteiger partial charge in [0, 0.05) is 40.1 Å². The highest BCUT2D eigenvalue weighted by molar-refractivity contribution is 7.08. The average molecular weight is 360 g/mol. The monoisotopic (exact) mass is 359 g/mol. The van der Waals surface area contributed by atoms with Crippen LogP contribution in [-0.4, -0.2) is 36.1 Å². The number of pyridine rings is 1. The lowest BCUT2D eigenvalue weighted by Gasteiger charge is -2.19. The largest absolute Gasteiger partial charge is 0.383 e. The van der Waals surface area contributed by atoms with Gasteiger partial charge in [0.05, 0.1) is 11.2 Å². The summed E-state index contributed by atoms with van der Waals surface area (Å²) in [5.41, 5.74) is 4.21. The lowest BCUT2D eigenvalue weighted by atomic mass is 10.1. The summed E-state index contributed by atoms with van der Waals surface area (Å²) in [6.07, 6.45) is 0. The van der Waals surface area contributed by atoms with Crippen molar-refractivity contribution < 1.29 is 0 Å². The summed E-state index contributed by atoms with van der Waals surface area (Å²) in [7, 11) is 0. The molecule has 3 aromatic rings. The number of halogens is 1. The molecule has 1 aromatic carbocycles. The highest BCUT2D eigenvalue weighted by Crippen LogP contribution is 2.31. The highest BCUT2D eigenvalue weighted by atomic mass is 35.5. The van der Waals surface area contributed by atoms with E-state index in [0.717, 1.165) is 59.0 Å². The molecule has 0 amide bonds. The van der Waals surface area contributed by atoms with Crippen LogP contribution >= 0.6 is 22.9 Å². The van der Waals surface area contributed by atoms with Crippen LogP contribution < -0.4 is 5.32 Å². The topological polar surface area (TPSA) is 28.2 Å². The minimum Gasteiger partial charge on any atom is -0.383 e.